The summed E-state index contributed by atoms with van der Waals surface area (Å²) in [4.78, 5) is 23.0. The van der Waals surface area contributed by atoms with Gasteiger partial charge in [-0.15, -0.1) is 0 Å². The number of anilines is 1. The second kappa shape index (κ2) is 8.30. The minimum atomic E-state index is -0.329. The minimum absolute atomic E-state index is 0.0636. The summed E-state index contributed by atoms with van der Waals surface area (Å²) in [6.07, 6.45) is 2.09. The van der Waals surface area contributed by atoms with Crippen LogP contribution < -0.4 is 10.2 Å². The van der Waals surface area contributed by atoms with Crippen LogP contribution in [-0.4, -0.2) is 41.3 Å². The summed E-state index contributed by atoms with van der Waals surface area (Å²) in [5, 5.41) is 4.26. The number of hydrogen-bond acceptors (Lipinski definition) is 5. The molecule has 146 valence electrons. The van der Waals surface area contributed by atoms with Crippen molar-refractivity contribution in [3.05, 3.63) is 28.5 Å². The number of amides is 1. The highest BCUT2D eigenvalue weighted by atomic mass is 35.5. The molecule has 7 heteroatoms. The van der Waals surface area contributed by atoms with Crippen LogP contribution in [0.1, 0.15) is 44.2 Å². The van der Waals surface area contributed by atoms with Crippen LogP contribution in [0, 0.1) is 13.8 Å². The van der Waals surface area contributed by atoms with Gasteiger partial charge in [-0.3, -0.25) is 0 Å². The second-order valence-corrected chi connectivity index (χ2v) is 7.64. The zero-order chi connectivity index (χ0) is 19.6. The Labute approximate surface area is 165 Å². The molecule has 1 unspecified atom stereocenters. The lowest BCUT2D eigenvalue weighted by Crippen LogP contribution is -2.45. The Bertz CT molecular complexity index is 834. The molecule has 0 saturated carbocycles. The normalized spacial score (nSPS) is 16.4. The third kappa shape index (κ3) is 4.61. The molecule has 6 nitrogen and oxygen atoms in total. The summed E-state index contributed by atoms with van der Waals surface area (Å²) in [6.45, 7) is 9.65. The van der Waals surface area contributed by atoms with E-state index in [0.29, 0.717) is 0 Å². The van der Waals surface area contributed by atoms with E-state index < -0.39 is 0 Å². The molecule has 1 N–H and O–H groups in total. The highest BCUT2D eigenvalue weighted by molar-refractivity contribution is 6.28. The van der Waals surface area contributed by atoms with E-state index in [1.54, 1.807) is 0 Å². The number of aromatic nitrogens is 2. The molecule has 0 spiro atoms. The zero-order valence-corrected chi connectivity index (χ0v) is 17.1. The monoisotopic (exact) mass is 390 g/mol. The first-order valence-electron chi connectivity index (χ1n) is 9.54. The first-order valence-corrected chi connectivity index (χ1v) is 9.91. The largest absolute Gasteiger partial charge is 0.447 e. The average Bonchev–Trinajstić information content (AvgIpc) is 2.63. The van der Waals surface area contributed by atoms with Crippen molar-refractivity contribution in [1.82, 2.24) is 15.3 Å². The van der Waals surface area contributed by atoms with E-state index in [1.165, 1.54) is 11.1 Å². The molecule has 0 radical (unpaired) electrons. The van der Waals surface area contributed by atoms with E-state index in [2.05, 4.69) is 46.2 Å². The lowest BCUT2D eigenvalue weighted by molar-refractivity contribution is 0.100. The Morgan fingerprint density at radius 3 is 2.63 bits per heavy atom. The summed E-state index contributed by atoms with van der Waals surface area (Å²) in [6, 6.07) is 4.30. The van der Waals surface area contributed by atoms with Crippen molar-refractivity contribution in [1.29, 1.82) is 0 Å². The topological polar surface area (TPSA) is 67.3 Å². The number of nitrogens with one attached hydrogen (secondary N) is 1. The number of aryl methyl sites for hydroxylation is 2. The molecule has 1 aromatic carbocycles. The Morgan fingerprint density at radius 1 is 1.30 bits per heavy atom. The van der Waals surface area contributed by atoms with Gasteiger partial charge in [-0.2, -0.15) is 4.98 Å². The highest BCUT2D eigenvalue weighted by Crippen LogP contribution is 2.29. The molecule has 3 rings (SSSR count). The van der Waals surface area contributed by atoms with Crippen LogP contribution in [0.25, 0.3) is 10.9 Å². The van der Waals surface area contributed by atoms with Crippen molar-refractivity contribution in [3.8, 4) is 0 Å². The Balaban J connectivity index is 1.71. The van der Waals surface area contributed by atoms with E-state index in [0.717, 1.165) is 49.1 Å². The number of hydrogen-bond donors (Lipinski definition) is 1. The van der Waals surface area contributed by atoms with Gasteiger partial charge in [0.25, 0.3) is 0 Å². The number of halogens is 1. The van der Waals surface area contributed by atoms with Crippen molar-refractivity contribution in [3.63, 3.8) is 0 Å². The molecule has 2 aromatic rings. The number of alkyl carbamates (subject to hydrolysis) is 1. The summed E-state index contributed by atoms with van der Waals surface area (Å²) in [5.74, 6) is 0.869. The van der Waals surface area contributed by atoms with Crippen molar-refractivity contribution in [2.75, 3.05) is 18.0 Å². The van der Waals surface area contributed by atoms with Crippen LogP contribution in [0.3, 0.4) is 0 Å². The van der Waals surface area contributed by atoms with Gasteiger partial charge in [-0.1, -0.05) is 6.92 Å². The van der Waals surface area contributed by atoms with Crippen LogP contribution in [0.2, 0.25) is 5.28 Å². The maximum atomic E-state index is 11.9. The molecule has 1 aromatic heterocycles. The van der Waals surface area contributed by atoms with Gasteiger partial charge in [0.2, 0.25) is 5.28 Å². The fourth-order valence-corrected chi connectivity index (χ4v) is 3.46. The lowest BCUT2D eigenvalue weighted by Gasteiger charge is -2.33. The number of benzene rings is 1. The predicted octanol–water partition coefficient (Wildman–Crippen LogP) is 4.39. The standard InChI is InChI=1S/C20H27ClN4O2/c1-5-14(4)27-20(26)22-15-6-8-25(9-7-15)18-16-10-12(2)13(3)11-17(16)23-19(21)24-18/h10-11,14-15H,5-9H2,1-4H3,(H,22,26). The van der Waals surface area contributed by atoms with Crippen LogP contribution in [0.15, 0.2) is 12.1 Å². The molecule has 1 saturated heterocycles. The SMILES string of the molecule is CCC(C)OC(=O)NC1CCN(c2nc(Cl)nc3cc(C)c(C)cc23)CC1. The van der Waals surface area contributed by atoms with Gasteiger partial charge in [-0.25, -0.2) is 9.78 Å². The molecule has 2 heterocycles. The number of piperidine rings is 1. The van der Waals surface area contributed by atoms with E-state index >= 15 is 0 Å². The first kappa shape index (κ1) is 19.7. The van der Waals surface area contributed by atoms with Crippen molar-refractivity contribution in [2.24, 2.45) is 0 Å². The molecule has 0 bridgehead atoms. The van der Waals surface area contributed by atoms with E-state index in [9.17, 15) is 4.79 Å². The quantitative estimate of drug-likeness (QED) is 0.784. The Hall–Kier alpha value is -2.08. The van der Waals surface area contributed by atoms with Crippen LogP contribution >= 0.6 is 11.6 Å². The molecular weight excluding hydrogens is 364 g/mol. The number of nitrogens with zero attached hydrogens (tertiary/aromatic N) is 3. The summed E-state index contributed by atoms with van der Waals surface area (Å²) < 4.78 is 5.31. The number of carbonyl (C=O) groups is 1. The van der Waals surface area contributed by atoms with E-state index in [4.69, 9.17) is 16.3 Å². The maximum absolute atomic E-state index is 11.9. The van der Waals surface area contributed by atoms with Gasteiger partial charge in [-0.05, 0) is 74.9 Å². The number of carbonyl (C=O) groups excluding carboxylic acids is 1. The van der Waals surface area contributed by atoms with E-state index in [-0.39, 0.29) is 23.5 Å². The smallest absolute Gasteiger partial charge is 0.407 e. The van der Waals surface area contributed by atoms with E-state index in [1.807, 2.05) is 13.8 Å². The fourth-order valence-electron chi connectivity index (χ4n) is 3.29. The van der Waals surface area contributed by atoms with Gasteiger partial charge >= 0.3 is 6.09 Å². The van der Waals surface area contributed by atoms with Crippen molar-refractivity contribution in [2.45, 2.75) is 59.1 Å². The Morgan fingerprint density at radius 2 is 1.96 bits per heavy atom. The summed E-state index contributed by atoms with van der Waals surface area (Å²) >= 11 is 6.17. The van der Waals surface area contributed by atoms with Gasteiger partial charge < -0.3 is 15.0 Å². The highest BCUT2D eigenvalue weighted by Gasteiger charge is 2.24. The Kier molecular flexibility index (Phi) is 6.05. The number of fused-ring (bicyclic) bond motifs is 1. The molecule has 1 amide bonds. The minimum Gasteiger partial charge on any atom is -0.447 e. The van der Waals surface area contributed by atoms with Crippen molar-refractivity contribution < 1.29 is 9.53 Å². The third-order valence-corrected chi connectivity index (χ3v) is 5.43. The average molecular weight is 391 g/mol. The van der Waals surface area contributed by atoms with Crippen LogP contribution in [0.5, 0.6) is 0 Å². The number of rotatable bonds is 4. The van der Waals surface area contributed by atoms with Gasteiger partial charge in [0.1, 0.15) is 11.9 Å². The lowest BCUT2D eigenvalue weighted by atomic mass is 10.0. The van der Waals surface area contributed by atoms with Gasteiger partial charge in [0.05, 0.1) is 5.52 Å². The molecule has 1 atom stereocenters. The molecule has 27 heavy (non-hydrogen) atoms. The number of ether oxygens (including phenoxy) is 1. The fraction of sp³-hybridized carbons (Fsp3) is 0.550. The molecular formula is C20H27ClN4O2. The third-order valence-electron chi connectivity index (χ3n) is 5.26. The zero-order valence-electron chi connectivity index (χ0n) is 16.4. The second-order valence-electron chi connectivity index (χ2n) is 7.30. The van der Waals surface area contributed by atoms with Crippen LogP contribution in [0.4, 0.5) is 10.6 Å². The molecule has 1 aliphatic heterocycles. The predicted molar refractivity (Wildman–Crippen MR) is 109 cm³/mol. The summed E-state index contributed by atoms with van der Waals surface area (Å²) in [7, 11) is 0. The van der Waals surface area contributed by atoms with Crippen LogP contribution in [-0.2, 0) is 4.74 Å². The summed E-state index contributed by atoms with van der Waals surface area (Å²) in [5.41, 5.74) is 3.26. The first-order chi connectivity index (χ1) is 12.9. The molecule has 0 aliphatic carbocycles. The van der Waals surface area contributed by atoms with Gasteiger partial charge in [0, 0.05) is 24.5 Å². The molecule has 1 aliphatic rings. The molecule has 1 fully saturated rings. The van der Waals surface area contributed by atoms with Gasteiger partial charge in [0.15, 0.2) is 0 Å². The maximum Gasteiger partial charge on any atom is 0.407 e. The van der Waals surface area contributed by atoms with Crippen molar-refractivity contribution >= 4 is 34.4 Å².